The highest BCUT2D eigenvalue weighted by atomic mass is 16.5. The van der Waals surface area contributed by atoms with Gasteiger partial charge < -0.3 is 20.7 Å². The van der Waals surface area contributed by atoms with Crippen molar-refractivity contribution in [2.75, 3.05) is 24.3 Å². The van der Waals surface area contributed by atoms with Crippen LogP contribution < -0.4 is 20.7 Å². The number of aryl methyl sites for hydroxylation is 1. The van der Waals surface area contributed by atoms with Gasteiger partial charge in [-0.05, 0) is 49.2 Å². The first-order valence-electron chi connectivity index (χ1n) is 8.15. The van der Waals surface area contributed by atoms with Gasteiger partial charge in [0.05, 0.1) is 6.61 Å². The summed E-state index contributed by atoms with van der Waals surface area (Å²) in [6.45, 7) is 2.48. The molecule has 0 radical (unpaired) electrons. The van der Waals surface area contributed by atoms with Crippen LogP contribution >= 0.6 is 0 Å². The molecule has 0 unspecified atom stereocenters. The Hall–Kier alpha value is -3.02. The number of hydrogen-bond donors (Lipinski definition) is 3. The van der Waals surface area contributed by atoms with E-state index in [1.165, 1.54) is 0 Å². The Bertz CT molecular complexity index is 714. The standard InChI is InChI=1S/C19H23N3O3/c1-14-6-3-4-7-17(14)25-13-5-8-18(23)21-15-9-11-16(12-10-15)22-19(24)20-2/h3-4,6-7,9-12H,5,8,13H2,1-2H3,(H,21,23)(H2,20,22,24). The first kappa shape index (κ1) is 18.3. The van der Waals surface area contributed by atoms with Crippen molar-refractivity contribution in [2.24, 2.45) is 0 Å². The van der Waals surface area contributed by atoms with Crippen LogP contribution in [0.1, 0.15) is 18.4 Å². The van der Waals surface area contributed by atoms with Crippen molar-refractivity contribution >= 4 is 23.3 Å². The third-order valence-electron chi connectivity index (χ3n) is 3.55. The molecule has 3 N–H and O–H groups in total. The summed E-state index contributed by atoms with van der Waals surface area (Å²) in [5.74, 6) is 0.780. The number of carbonyl (C=O) groups excluding carboxylic acids is 2. The van der Waals surface area contributed by atoms with Crippen molar-refractivity contribution in [1.82, 2.24) is 5.32 Å². The fourth-order valence-corrected chi connectivity index (χ4v) is 2.19. The van der Waals surface area contributed by atoms with E-state index in [9.17, 15) is 9.59 Å². The maximum atomic E-state index is 12.0. The lowest BCUT2D eigenvalue weighted by Gasteiger charge is -2.09. The van der Waals surface area contributed by atoms with E-state index in [0.29, 0.717) is 30.8 Å². The van der Waals surface area contributed by atoms with Crippen molar-refractivity contribution in [3.8, 4) is 5.75 Å². The molecule has 0 aliphatic rings. The van der Waals surface area contributed by atoms with Gasteiger partial charge in [0.1, 0.15) is 5.75 Å². The summed E-state index contributed by atoms with van der Waals surface area (Å²) in [6.07, 6.45) is 1.01. The molecule has 0 saturated heterocycles. The molecular weight excluding hydrogens is 318 g/mol. The molecule has 0 aliphatic carbocycles. The monoisotopic (exact) mass is 341 g/mol. The van der Waals surface area contributed by atoms with Gasteiger partial charge in [-0.15, -0.1) is 0 Å². The van der Waals surface area contributed by atoms with Crippen LogP contribution in [0.25, 0.3) is 0 Å². The molecule has 25 heavy (non-hydrogen) atoms. The number of amides is 3. The molecular formula is C19H23N3O3. The molecule has 2 rings (SSSR count). The van der Waals surface area contributed by atoms with Crippen LogP contribution in [-0.4, -0.2) is 25.6 Å². The smallest absolute Gasteiger partial charge is 0.318 e. The van der Waals surface area contributed by atoms with Crippen molar-refractivity contribution in [1.29, 1.82) is 0 Å². The number of rotatable bonds is 7. The number of anilines is 2. The zero-order chi connectivity index (χ0) is 18.1. The first-order chi connectivity index (χ1) is 12.1. The molecule has 6 nitrogen and oxygen atoms in total. The lowest BCUT2D eigenvalue weighted by molar-refractivity contribution is -0.116. The normalized spacial score (nSPS) is 10.0. The number of para-hydroxylation sites is 1. The number of urea groups is 1. The fourth-order valence-electron chi connectivity index (χ4n) is 2.19. The van der Waals surface area contributed by atoms with E-state index in [-0.39, 0.29) is 11.9 Å². The molecule has 0 saturated carbocycles. The van der Waals surface area contributed by atoms with Gasteiger partial charge in [0, 0.05) is 24.8 Å². The van der Waals surface area contributed by atoms with E-state index in [2.05, 4.69) is 16.0 Å². The largest absolute Gasteiger partial charge is 0.493 e. The Kier molecular flexibility index (Phi) is 6.83. The van der Waals surface area contributed by atoms with Crippen molar-refractivity contribution < 1.29 is 14.3 Å². The van der Waals surface area contributed by atoms with E-state index in [1.54, 1.807) is 31.3 Å². The second kappa shape index (κ2) is 9.32. The van der Waals surface area contributed by atoms with Gasteiger partial charge >= 0.3 is 6.03 Å². The lowest BCUT2D eigenvalue weighted by Crippen LogP contribution is -2.24. The first-order valence-corrected chi connectivity index (χ1v) is 8.15. The van der Waals surface area contributed by atoms with E-state index >= 15 is 0 Å². The highest BCUT2D eigenvalue weighted by Crippen LogP contribution is 2.17. The second-order valence-electron chi connectivity index (χ2n) is 5.55. The molecule has 0 fully saturated rings. The van der Waals surface area contributed by atoms with Crippen LogP contribution in [0.3, 0.4) is 0 Å². The molecule has 0 spiro atoms. The summed E-state index contributed by atoms with van der Waals surface area (Å²) < 4.78 is 5.67. The van der Waals surface area contributed by atoms with E-state index in [0.717, 1.165) is 11.3 Å². The van der Waals surface area contributed by atoms with Crippen LogP contribution in [0.15, 0.2) is 48.5 Å². The van der Waals surface area contributed by atoms with Crippen molar-refractivity contribution in [3.63, 3.8) is 0 Å². The zero-order valence-electron chi connectivity index (χ0n) is 14.5. The molecule has 3 amide bonds. The zero-order valence-corrected chi connectivity index (χ0v) is 14.5. The molecule has 0 aliphatic heterocycles. The molecule has 0 aromatic heterocycles. The summed E-state index contributed by atoms with van der Waals surface area (Å²) in [7, 11) is 1.55. The van der Waals surface area contributed by atoms with Crippen LogP contribution in [0.2, 0.25) is 0 Å². The van der Waals surface area contributed by atoms with Gasteiger partial charge in [-0.1, -0.05) is 18.2 Å². The predicted octanol–water partition coefficient (Wildman–Crippen LogP) is 3.54. The highest BCUT2D eigenvalue weighted by molar-refractivity contribution is 5.92. The Morgan fingerprint density at radius 3 is 2.24 bits per heavy atom. The van der Waals surface area contributed by atoms with Gasteiger partial charge in [-0.25, -0.2) is 4.79 Å². The van der Waals surface area contributed by atoms with Crippen molar-refractivity contribution in [3.05, 3.63) is 54.1 Å². The minimum atomic E-state index is -0.287. The molecule has 0 heterocycles. The quantitative estimate of drug-likeness (QED) is 0.674. The Labute approximate surface area is 147 Å². The Balaban J connectivity index is 1.71. The van der Waals surface area contributed by atoms with Gasteiger partial charge in [-0.2, -0.15) is 0 Å². The maximum absolute atomic E-state index is 12.0. The minimum absolute atomic E-state index is 0.0691. The van der Waals surface area contributed by atoms with Gasteiger partial charge in [0.15, 0.2) is 0 Å². The number of benzene rings is 2. The topological polar surface area (TPSA) is 79.5 Å². The second-order valence-corrected chi connectivity index (χ2v) is 5.55. The maximum Gasteiger partial charge on any atom is 0.318 e. The summed E-state index contributed by atoms with van der Waals surface area (Å²) in [6, 6.07) is 14.5. The highest BCUT2D eigenvalue weighted by Gasteiger charge is 2.04. The number of ether oxygens (including phenoxy) is 1. The van der Waals surface area contributed by atoms with Gasteiger partial charge in [-0.3, -0.25) is 4.79 Å². The molecule has 132 valence electrons. The molecule has 2 aromatic rings. The summed E-state index contributed by atoms with van der Waals surface area (Å²) >= 11 is 0. The average molecular weight is 341 g/mol. The fraction of sp³-hybridized carbons (Fsp3) is 0.263. The summed E-state index contributed by atoms with van der Waals surface area (Å²) in [4.78, 5) is 23.2. The van der Waals surface area contributed by atoms with Crippen LogP contribution in [0.5, 0.6) is 5.75 Å². The average Bonchev–Trinajstić information content (AvgIpc) is 2.61. The number of carbonyl (C=O) groups is 2. The van der Waals surface area contributed by atoms with E-state index < -0.39 is 0 Å². The molecule has 0 atom stereocenters. The van der Waals surface area contributed by atoms with Gasteiger partial charge in [0.25, 0.3) is 0 Å². The molecule has 0 bridgehead atoms. The third-order valence-corrected chi connectivity index (χ3v) is 3.55. The van der Waals surface area contributed by atoms with E-state index in [1.807, 2.05) is 31.2 Å². The Morgan fingerprint density at radius 1 is 0.960 bits per heavy atom. The number of nitrogens with one attached hydrogen (secondary N) is 3. The third kappa shape index (κ3) is 6.18. The SMILES string of the molecule is CNC(=O)Nc1ccc(NC(=O)CCCOc2ccccc2C)cc1. The van der Waals surface area contributed by atoms with Crippen LogP contribution in [0.4, 0.5) is 16.2 Å². The van der Waals surface area contributed by atoms with Crippen LogP contribution in [-0.2, 0) is 4.79 Å². The minimum Gasteiger partial charge on any atom is -0.493 e. The number of hydrogen-bond acceptors (Lipinski definition) is 3. The lowest BCUT2D eigenvalue weighted by atomic mass is 10.2. The summed E-state index contributed by atoms with van der Waals surface area (Å²) in [5.41, 5.74) is 2.42. The predicted molar refractivity (Wildman–Crippen MR) is 99.1 cm³/mol. The van der Waals surface area contributed by atoms with Crippen molar-refractivity contribution in [2.45, 2.75) is 19.8 Å². The summed E-state index contributed by atoms with van der Waals surface area (Å²) in [5, 5.41) is 7.95. The van der Waals surface area contributed by atoms with Crippen LogP contribution in [0, 0.1) is 6.92 Å². The molecule has 6 heteroatoms. The van der Waals surface area contributed by atoms with E-state index in [4.69, 9.17) is 4.74 Å². The van der Waals surface area contributed by atoms with Gasteiger partial charge in [0.2, 0.25) is 5.91 Å². The molecule has 2 aromatic carbocycles. The Morgan fingerprint density at radius 2 is 1.60 bits per heavy atom.